The van der Waals surface area contributed by atoms with Crippen molar-refractivity contribution in [1.82, 2.24) is 4.90 Å². The van der Waals surface area contributed by atoms with Crippen molar-refractivity contribution in [3.05, 3.63) is 40.3 Å². The molecule has 0 spiro atoms. The lowest BCUT2D eigenvalue weighted by atomic mass is 10.0. The zero-order valence-corrected chi connectivity index (χ0v) is 14.2. The number of nitrogens with zero attached hydrogens (tertiary/aromatic N) is 1. The summed E-state index contributed by atoms with van der Waals surface area (Å²) in [4.78, 5) is 24.8. The molecular formula is C16H16NO3S2-. The Morgan fingerprint density at radius 3 is 2.36 bits per heavy atom. The first-order valence-corrected chi connectivity index (χ1v) is 8.11. The van der Waals surface area contributed by atoms with Crippen molar-refractivity contribution in [2.24, 2.45) is 0 Å². The van der Waals surface area contributed by atoms with Crippen molar-refractivity contribution in [2.45, 2.75) is 32.7 Å². The van der Waals surface area contributed by atoms with Crippen LogP contribution < -0.4 is 5.11 Å². The van der Waals surface area contributed by atoms with Crippen LogP contribution in [0.5, 0.6) is 0 Å². The molecule has 0 radical (unpaired) electrons. The van der Waals surface area contributed by atoms with Gasteiger partial charge in [0.15, 0.2) is 0 Å². The highest BCUT2D eigenvalue weighted by molar-refractivity contribution is 8.26. The average molecular weight is 334 g/mol. The minimum atomic E-state index is -1.32. The van der Waals surface area contributed by atoms with E-state index in [-0.39, 0.29) is 10.2 Å². The Bertz CT molecular complexity index is 650. The number of benzene rings is 1. The number of aliphatic carboxylic acids is 1. The SMILES string of the molecule is CC(C)c1ccc(/C=C2\SC(=S)N([C@H](C)C(=O)[O-])C2=O)cc1. The first kappa shape index (κ1) is 16.7. The number of hydrogen-bond donors (Lipinski definition) is 0. The Balaban J connectivity index is 2.24. The maximum Gasteiger partial charge on any atom is 0.266 e. The summed E-state index contributed by atoms with van der Waals surface area (Å²) in [5, 5.41) is 11.0. The number of carboxylic acids is 1. The van der Waals surface area contributed by atoms with Crippen molar-refractivity contribution in [3.63, 3.8) is 0 Å². The predicted octanol–water partition coefficient (Wildman–Crippen LogP) is 2.15. The summed E-state index contributed by atoms with van der Waals surface area (Å²) in [6, 6.07) is 6.83. The maximum absolute atomic E-state index is 12.3. The largest absolute Gasteiger partial charge is 0.548 e. The quantitative estimate of drug-likeness (QED) is 0.624. The number of rotatable bonds is 4. The second kappa shape index (κ2) is 6.62. The van der Waals surface area contributed by atoms with Gasteiger partial charge in [-0.2, -0.15) is 0 Å². The third-order valence-corrected chi connectivity index (χ3v) is 4.78. The van der Waals surface area contributed by atoms with Gasteiger partial charge in [0.25, 0.3) is 5.91 Å². The van der Waals surface area contributed by atoms with E-state index in [2.05, 4.69) is 13.8 Å². The normalized spacial score (nSPS) is 18.4. The number of carbonyl (C=O) groups excluding carboxylic acids is 2. The van der Waals surface area contributed by atoms with Gasteiger partial charge in [0.05, 0.1) is 16.9 Å². The predicted molar refractivity (Wildman–Crippen MR) is 90.0 cm³/mol. The van der Waals surface area contributed by atoms with Crippen LogP contribution in [0.25, 0.3) is 6.08 Å². The third-order valence-electron chi connectivity index (χ3n) is 3.45. The number of carboxylic acid groups (broad SMARTS) is 1. The van der Waals surface area contributed by atoms with Crippen molar-refractivity contribution >= 4 is 46.3 Å². The molecule has 1 aliphatic rings. The highest BCUT2D eigenvalue weighted by atomic mass is 32.2. The zero-order chi connectivity index (χ0) is 16.4. The van der Waals surface area contributed by atoms with E-state index in [9.17, 15) is 14.7 Å². The van der Waals surface area contributed by atoms with Gasteiger partial charge in [-0.25, -0.2) is 0 Å². The van der Waals surface area contributed by atoms with Crippen LogP contribution in [0.4, 0.5) is 0 Å². The molecule has 4 nitrogen and oxygen atoms in total. The van der Waals surface area contributed by atoms with Gasteiger partial charge in [-0.1, -0.05) is 62.1 Å². The lowest BCUT2D eigenvalue weighted by Crippen LogP contribution is -2.48. The Kier molecular flexibility index (Phi) is 5.03. The minimum Gasteiger partial charge on any atom is -0.548 e. The second-order valence-electron chi connectivity index (χ2n) is 5.37. The molecule has 0 aliphatic carbocycles. The van der Waals surface area contributed by atoms with Crippen LogP contribution in [0.2, 0.25) is 0 Å². The molecule has 22 heavy (non-hydrogen) atoms. The van der Waals surface area contributed by atoms with E-state index < -0.39 is 12.0 Å². The van der Waals surface area contributed by atoms with E-state index in [1.165, 1.54) is 12.5 Å². The first-order valence-electron chi connectivity index (χ1n) is 6.89. The Hall–Kier alpha value is -1.66. The zero-order valence-electron chi connectivity index (χ0n) is 12.5. The van der Waals surface area contributed by atoms with Gasteiger partial charge in [-0.15, -0.1) is 0 Å². The van der Waals surface area contributed by atoms with Gasteiger partial charge in [0.1, 0.15) is 4.32 Å². The molecule has 0 saturated carbocycles. The van der Waals surface area contributed by atoms with Crippen LogP contribution in [0.1, 0.15) is 37.8 Å². The number of thioether (sulfide) groups is 1. The number of thiocarbonyl (C=S) groups is 1. The summed E-state index contributed by atoms with van der Waals surface area (Å²) in [5.41, 5.74) is 2.10. The summed E-state index contributed by atoms with van der Waals surface area (Å²) in [6.45, 7) is 5.61. The summed E-state index contributed by atoms with van der Waals surface area (Å²) >= 11 is 6.21. The number of hydrogen-bond acceptors (Lipinski definition) is 5. The molecule has 1 aromatic rings. The van der Waals surface area contributed by atoms with E-state index in [0.717, 1.165) is 22.2 Å². The molecular weight excluding hydrogens is 318 g/mol. The van der Waals surface area contributed by atoms with Gasteiger partial charge in [-0.05, 0) is 30.0 Å². The van der Waals surface area contributed by atoms with Crippen LogP contribution in [-0.2, 0) is 9.59 Å². The molecule has 1 aromatic carbocycles. The highest BCUT2D eigenvalue weighted by Crippen LogP contribution is 2.34. The topological polar surface area (TPSA) is 60.4 Å². The lowest BCUT2D eigenvalue weighted by Gasteiger charge is -2.23. The summed E-state index contributed by atoms with van der Waals surface area (Å²) in [7, 11) is 0. The Labute approximate surface area is 139 Å². The second-order valence-corrected chi connectivity index (χ2v) is 7.04. The molecule has 0 unspecified atom stereocenters. The van der Waals surface area contributed by atoms with Crippen LogP contribution in [0, 0.1) is 0 Å². The van der Waals surface area contributed by atoms with Crippen LogP contribution in [0.3, 0.4) is 0 Å². The summed E-state index contributed by atoms with van der Waals surface area (Å²) in [5.74, 6) is -1.27. The van der Waals surface area contributed by atoms with Crippen molar-refractivity contribution in [1.29, 1.82) is 0 Å². The van der Waals surface area contributed by atoms with Crippen LogP contribution >= 0.6 is 24.0 Å². The Morgan fingerprint density at radius 2 is 1.86 bits per heavy atom. The maximum atomic E-state index is 12.3. The molecule has 1 aliphatic heterocycles. The fourth-order valence-electron chi connectivity index (χ4n) is 2.05. The molecule has 1 amide bonds. The van der Waals surface area contributed by atoms with E-state index in [0.29, 0.717) is 10.8 Å². The number of carbonyl (C=O) groups is 2. The molecule has 6 heteroatoms. The van der Waals surface area contributed by atoms with E-state index in [4.69, 9.17) is 12.2 Å². The molecule has 1 heterocycles. The van der Waals surface area contributed by atoms with Crippen LogP contribution in [0.15, 0.2) is 29.2 Å². The lowest BCUT2D eigenvalue weighted by molar-refractivity contribution is -0.309. The average Bonchev–Trinajstić information content (AvgIpc) is 2.73. The van der Waals surface area contributed by atoms with Crippen molar-refractivity contribution in [3.8, 4) is 0 Å². The van der Waals surface area contributed by atoms with Crippen LogP contribution in [-0.4, -0.2) is 27.1 Å². The van der Waals surface area contributed by atoms with Gasteiger partial charge >= 0.3 is 0 Å². The summed E-state index contributed by atoms with van der Waals surface area (Å²) in [6.07, 6.45) is 1.73. The monoisotopic (exact) mass is 334 g/mol. The summed E-state index contributed by atoms with van der Waals surface area (Å²) < 4.78 is 0.242. The molecule has 1 atom stereocenters. The Morgan fingerprint density at radius 1 is 1.27 bits per heavy atom. The smallest absolute Gasteiger partial charge is 0.266 e. The first-order chi connectivity index (χ1) is 10.3. The standard InChI is InChI=1S/C16H17NO3S2/c1-9(2)12-6-4-11(5-7-12)8-13-14(18)17(16(21)22-13)10(3)15(19)20/h4-10H,1-3H3,(H,19,20)/p-1/b13-8-/t10-/m1/s1. The molecule has 1 fully saturated rings. The molecule has 0 N–H and O–H groups in total. The van der Waals surface area contributed by atoms with Gasteiger partial charge in [-0.3, -0.25) is 9.69 Å². The fraction of sp³-hybridized carbons (Fsp3) is 0.312. The molecule has 1 saturated heterocycles. The highest BCUT2D eigenvalue weighted by Gasteiger charge is 2.35. The van der Waals surface area contributed by atoms with Gasteiger partial charge in [0, 0.05) is 0 Å². The van der Waals surface area contributed by atoms with E-state index in [1.54, 1.807) is 6.08 Å². The number of amides is 1. The molecule has 2 rings (SSSR count). The van der Waals surface area contributed by atoms with Gasteiger partial charge < -0.3 is 9.90 Å². The van der Waals surface area contributed by atoms with Crippen molar-refractivity contribution in [2.75, 3.05) is 0 Å². The van der Waals surface area contributed by atoms with Crippen molar-refractivity contribution < 1.29 is 14.7 Å². The molecule has 116 valence electrons. The minimum absolute atomic E-state index is 0.242. The molecule has 0 bridgehead atoms. The van der Waals surface area contributed by atoms with E-state index >= 15 is 0 Å². The van der Waals surface area contributed by atoms with E-state index in [1.807, 2.05) is 24.3 Å². The van der Waals surface area contributed by atoms with Gasteiger partial charge in [0.2, 0.25) is 0 Å². The fourth-order valence-corrected chi connectivity index (χ4v) is 3.47. The molecule has 0 aromatic heterocycles. The third kappa shape index (κ3) is 3.39.